The lowest BCUT2D eigenvalue weighted by Crippen LogP contribution is -2.57. The number of nitrogens with one attached hydrogen (secondary N) is 1. The first-order valence-electron chi connectivity index (χ1n) is 6.72. The third-order valence-electron chi connectivity index (χ3n) is 4.03. The summed E-state index contributed by atoms with van der Waals surface area (Å²) in [6.45, 7) is 6.98. The maximum atomic E-state index is 5.52. The molecule has 0 radical (unpaired) electrons. The van der Waals surface area contributed by atoms with Crippen molar-refractivity contribution in [3.05, 3.63) is 0 Å². The Kier molecular flexibility index (Phi) is 4.22. The fourth-order valence-corrected chi connectivity index (χ4v) is 3.33. The van der Waals surface area contributed by atoms with Gasteiger partial charge in [0, 0.05) is 38.3 Å². The van der Waals surface area contributed by atoms with Crippen LogP contribution in [0.15, 0.2) is 0 Å². The number of rotatable bonds is 2. The van der Waals surface area contributed by atoms with Crippen LogP contribution in [0, 0.1) is 0 Å². The maximum absolute atomic E-state index is 5.52. The summed E-state index contributed by atoms with van der Waals surface area (Å²) < 4.78 is 5.52. The van der Waals surface area contributed by atoms with Crippen molar-refractivity contribution in [2.45, 2.75) is 63.8 Å². The van der Waals surface area contributed by atoms with Crippen LogP contribution in [0.1, 0.15) is 39.5 Å². The number of ether oxygens (including phenoxy) is 1. The highest BCUT2D eigenvalue weighted by Gasteiger charge is 2.30. The minimum Gasteiger partial charge on any atom is -0.381 e. The summed E-state index contributed by atoms with van der Waals surface area (Å²) in [6.07, 6.45) is 5.68. The Morgan fingerprint density at radius 3 is 2.44 bits per heavy atom. The molecule has 1 heterocycles. The van der Waals surface area contributed by atoms with E-state index in [1.54, 1.807) is 0 Å². The number of nitrogens with zero attached hydrogens (tertiary/aromatic N) is 1. The summed E-state index contributed by atoms with van der Waals surface area (Å²) in [6, 6.07) is 2.02. The summed E-state index contributed by atoms with van der Waals surface area (Å²) >= 11 is 0. The first-order valence-corrected chi connectivity index (χ1v) is 6.72. The second-order valence-electron chi connectivity index (χ2n) is 5.60. The molecule has 0 spiro atoms. The van der Waals surface area contributed by atoms with Crippen LogP contribution in [0.5, 0.6) is 0 Å². The molecule has 3 nitrogen and oxygen atoms in total. The Balaban J connectivity index is 1.90. The van der Waals surface area contributed by atoms with Crippen molar-refractivity contribution in [2.75, 3.05) is 20.2 Å². The van der Waals surface area contributed by atoms with E-state index in [9.17, 15) is 0 Å². The van der Waals surface area contributed by atoms with Crippen LogP contribution < -0.4 is 5.32 Å². The van der Waals surface area contributed by atoms with E-state index in [0.717, 1.165) is 6.04 Å². The predicted octanol–water partition coefficient (Wildman–Crippen LogP) is 1.63. The van der Waals surface area contributed by atoms with Crippen molar-refractivity contribution < 1.29 is 4.74 Å². The molecule has 1 aliphatic carbocycles. The molecule has 0 aromatic rings. The Bertz CT molecular complexity index is 212. The van der Waals surface area contributed by atoms with Crippen LogP contribution in [-0.2, 0) is 4.74 Å². The average molecular weight is 226 g/mol. The van der Waals surface area contributed by atoms with Crippen molar-refractivity contribution in [1.29, 1.82) is 0 Å². The molecule has 3 heteroatoms. The average Bonchev–Trinajstić information content (AvgIpc) is 2.28. The van der Waals surface area contributed by atoms with E-state index in [4.69, 9.17) is 4.74 Å². The first-order chi connectivity index (χ1) is 7.69. The van der Waals surface area contributed by atoms with Gasteiger partial charge in [-0.3, -0.25) is 4.90 Å². The minimum atomic E-state index is 0.499. The van der Waals surface area contributed by atoms with Crippen LogP contribution in [0.4, 0.5) is 0 Å². The molecule has 4 atom stereocenters. The molecule has 1 saturated carbocycles. The van der Waals surface area contributed by atoms with E-state index < -0.39 is 0 Å². The molecule has 94 valence electrons. The van der Waals surface area contributed by atoms with Crippen molar-refractivity contribution in [2.24, 2.45) is 0 Å². The van der Waals surface area contributed by atoms with Gasteiger partial charge in [-0.2, -0.15) is 0 Å². The fourth-order valence-electron chi connectivity index (χ4n) is 3.33. The molecule has 0 aromatic carbocycles. The van der Waals surface area contributed by atoms with Crippen LogP contribution in [0.25, 0.3) is 0 Å². The zero-order chi connectivity index (χ0) is 11.5. The van der Waals surface area contributed by atoms with E-state index >= 15 is 0 Å². The lowest BCUT2D eigenvalue weighted by molar-refractivity contribution is 0.0153. The van der Waals surface area contributed by atoms with Crippen molar-refractivity contribution in [3.8, 4) is 0 Å². The van der Waals surface area contributed by atoms with Crippen LogP contribution in [0.3, 0.4) is 0 Å². The summed E-state index contributed by atoms with van der Waals surface area (Å²) in [5, 5.41) is 3.60. The smallest absolute Gasteiger partial charge is 0.0586 e. The van der Waals surface area contributed by atoms with Crippen molar-refractivity contribution in [3.63, 3.8) is 0 Å². The Morgan fingerprint density at radius 1 is 1.12 bits per heavy atom. The van der Waals surface area contributed by atoms with Gasteiger partial charge in [0.25, 0.3) is 0 Å². The zero-order valence-electron chi connectivity index (χ0n) is 10.9. The van der Waals surface area contributed by atoms with E-state index in [-0.39, 0.29) is 0 Å². The third kappa shape index (κ3) is 2.96. The highest BCUT2D eigenvalue weighted by Crippen LogP contribution is 2.26. The Morgan fingerprint density at radius 2 is 1.81 bits per heavy atom. The Hall–Kier alpha value is -0.120. The third-order valence-corrected chi connectivity index (χ3v) is 4.03. The van der Waals surface area contributed by atoms with Gasteiger partial charge < -0.3 is 10.1 Å². The van der Waals surface area contributed by atoms with Gasteiger partial charge in [-0.25, -0.2) is 0 Å². The molecule has 4 unspecified atom stereocenters. The van der Waals surface area contributed by atoms with Gasteiger partial charge in [0.05, 0.1) is 6.10 Å². The van der Waals surface area contributed by atoms with Crippen LogP contribution in [0.2, 0.25) is 0 Å². The minimum absolute atomic E-state index is 0.499. The molecule has 1 aliphatic heterocycles. The number of piperazine rings is 1. The molecule has 16 heavy (non-hydrogen) atoms. The van der Waals surface area contributed by atoms with Gasteiger partial charge in [0.15, 0.2) is 0 Å². The zero-order valence-corrected chi connectivity index (χ0v) is 10.9. The number of hydrogen-bond acceptors (Lipinski definition) is 3. The summed E-state index contributed by atoms with van der Waals surface area (Å²) in [7, 11) is 1.86. The molecular formula is C13H26N2O. The summed E-state index contributed by atoms with van der Waals surface area (Å²) in [5.41, 5.74) is 0. The SMILES string of the molecule is COC1CCCC(N2CC(C)NC(C)C2)C1. The second-order valence-corrected chi connectivity index (χ2v) is 5.60. The van der Waals surface area contributed by atoms with E-state index in [1.165, 1.54) is 38.8 Å². The summed E-state index contributed by atoms with van der Waals surface area (Å²) in [5.74, 6) is 0. The molecule has 1 N–H and O–H groups in total. The van der Waals surface area contributed by atoms with Crippen molar-refractivity contribution >= 4 is 0 Å². The van der Waals surface area contributed by atoms with Crippen LogP contribution in [-0.4, -0.2) is 49.3 Å². The van der Waals surface area contributed by atoms with Gasteiger partial charge in [-0.15, -0.1) is 0 Å². The topological polar surface area (TPSA) is 24.5 Å². The second kappa shape index (κ2) is 5.48. The molecular weight excluding hydrogens is 200 g/mol. The summed E-state index contributed by atoms with van der Waals surface area (Å²) in [4.78, 5) is 2.68. The van der Waals surface area contributed by atoms with Gasteiger partial charge in [0.2, 0.25) is 0 Å². The van der Waals surface area contributed by atoms with Gasteiger partial charge in [-0.1, -0.05) is 0 Å². The molecule has 2 aliphatic rings. The molecule has 0 amide bonds. The lowest BCUT2D eigenvalue weighted by atomic mass is 9.90. The van der Waals surface area contributed by atoms with Crippen LogP contribution >= 0.6 is 0 Å². The van der Waals surface area contributed by atoms with E-state index in [1.807, 2.05) is 7.11 Å². The van der Waals surface area contributed by atoms with E-state index in [0.29, 0.717) is 18.2 Å². The Labute approximate surface area is 99.5 Å². The highest BCUT2D eigenvalue weighted by molar-refractivity contribution is 4.88. The van der Waals surface area contributed by atoms with Gasteiger partial charge >= 0.3 is 0 Å². The molecule has 1 saturated heterocycles. The molecule has 2 rings (SSSR count). The number of methoxy groups -OCH3 is 1. The van der Waals surface area contributed by atoms with Gasteiger partial charge in [0.1, 0.15) is 0 Å². The van der Waals surface area contributed by atoms with Gasteiger partial charge in [-0.05, 0) is 39.5 Å². The molecule has 2 fully saturated rings. The molecule has 0 aromatic heterocycles. The lowest BCUT2D eigenvalue weighted by Gasteiger charge is -2.43. The quantitative estimate of drug-likeness (QED) is 0.774. The predicted molar refractivity (Wildman–Crippen MR) is 66.7 cm³/mol. The molecule has 0 bridgehead atoms. The maximum Gasteiger partial charge on any atom is 0.0586 e. The van der Waals surface area contributed by atoms with E-state index in [2.05, 4.69) is 24.1 Å². The normalized spacial score (nSPS) is 42.2. The standard InChI is InChI=1S/C13H26N2O/c1-10-8-15(9-11(2)14-10)12-5-4-6-13(7-12)16-3/h10-14H,4-9H2,1-3H3. The highest BCUT2D eigenvalue weighted by atomic mass is 16.5. The van der Waals surface area contributed by atoms with Crippen molar-refractivity contribution in [1.82, 2.24) is 10.2 Å². The fraction of sp³-hybridized carbons (Fsp3) is 1.00. The largest absolute Gasteiger partial charge is 0.381 e. The first kappa shape index (κ1) is 12.3. The monoisotopic (exact) mass is 226 g/mol. The number of hydrogen-bond donors (Lipinski definition) is 1.